The van der Waals surface area contributed by atoms with Crippen molar-refractivity contribution in [1.82, 2.24) is 10.3 Å². The number of pyridine rings is 1. The highest BCUT2D eigenvalue weighted by Crippen LogP contribution is 2.06. The lowest BCUT2D eigenvalue weighted by Gasteiger charge is -2.22. The number of hydrogen-bond acceptors (Lipinski definition) is 3. The second kappa shape index (κ2) is 7.06. The summed E-state index contributed by atoms with van der Waals surface area (Å²) in [7, 11) is 0. The van der Waals surface area contributed by atoms with Gasteiger partial charge < -0.3 is 10.1 Å². The van der Waals surface area contributed by atoms with Crippen LogP contribution in [0.5, 0.6) is 0 Å². The summed E-state index contributed by atoms with van der Waals surface area (Å²) in [6.45, 7) is 6.95. The van der Waals surface area contributed by atoms with Gasteiger partial charge in [-0.05, 0) is 18.9 Å². The van der Waals surface area contributed by atoms with Crippen LogP contribution in [0.1, 0.15) is 31.1 Å². The van der Waals surface area contributed by atoms with E-state index in [1.807, 2.05) is 20.8 Å². The maximum Gasteiger partial charge on any atom is 0.251 e. The minimum Gasteiger partial charge on any atom is -0.380 e. The SMILES string of the molecule is CCOCC(NC(=O)c1ccnc(F)c1)C(C)C. The van der Waals surface area contributed by atoms with E-state index in [0.717, 1.165) is 6.07 Å². The summed E-state index contributed by atoms with van der Waals surface area (Å²) in [5.41, 5.74) is 0.268. The molecule has 1 aromatic heterocycles. The van der Waals surface area contributed by atoms with Gasteiger partial charge >= 0.3 is 0 Å². The molecule has 4 nitrogen and oxygen atoms in total. The Morgan fingerprint density at radius 1 is 1.56 bits per heavy atom. The quantitative estimate of drug-likeness (QED) is 0.790. The van der Waals surface area contributed by atoms with E-state index in [4.69, 9.17) is 4.74 Å². The van der Waals surface area contributed by atoms with E-state index in [2.05, 4.69) is 10.3 Å². The van der Waals surface area contributed by atoms with Crippen LogP contribution in [-0.2, 0) is 4.74 Å². The van der Waals surface area contributed by atoms with Crippen LogP contribution in [0.3, 0.4) is 0 Å². The summed E-state index contributed by atoms with van der Waals surface area (Å²) < 4.78 is 18.2. The van der Waals surface area contributed by atoms with Gasteiger partial charge in [-0.15, -0.1) is 0 Å². The number of rotatable bonds is 6. The fraction of sp³-hybridized carbons (Fsp3) is 0.538. The van der Waals surface area contributed by atoms with Crippen molar-refractivity contribution in [2.24, 2.45) is 5.92 Å². The average Bonchev–Trinajstić information content (AvgIpc) is 2.33. The highest BCUT2D eigenvalue weighted by atomic mass is 19.1. The van der Waals surface area contributed by atoms with Gasteiger partial charge in [0, 0.05) is 24.4 Å². The normalized spacial score (nSPS) is 12.5. The second-order valence-corrected chi connectivity index (χ2v) is 4.35. The number of ether oxygens (including phenoxy) is 1. The van der Waals surface area contributed by atoms with Crippen molar-refractivity contribution >= 4 is 5.91 Å². The van der Waals surface area contributed by atoms with Gasteiger partial charge in [0.1, 0.15) is 0 Å². The molecule has 1 heterocycles. The molecule has 0 spiro atoms. The predicted molar refractivity (Wildman–Crippen MR) is 66.8 cm³/mol. The Balaban J connectivity index is 2.66. The molecule has 0 aliphatic carbocycles. The van der Waals surface area contributed by atoms with E-state index in [-0.39, 0.29) is 23.4 Å². The molecule has 1 rings (SSSR count). The molecule has 1 unspecified atom stereocenters. The third-order valence-electron chi connectivity index (χ3n) is 2.61. The largest absolute Gasteiger partial charge is 0.380 e. The Bertz CT molecular complexity index is 396. The van der Waals surface area contributed by atoms with Gasteiger partial charge in [-0.2, -0.15) is 4.39 Å². The minimum absolute atomic E-state index is 0.0892. The zero-order valence-corrected chi connectivity index (χ0v) is 10.9. The molecular formula is C13H19FN2O2. The Kier molecular flexibility index (Phi) is 5.71. The monoisotopic (exact) mass is 254 g/mol. The van der Waals surface area contributed by atoms with Crippen LogP contribution < -0.4 is 5.32 Å². The maximum absolute atomic E-state index is 12.9. The summed E-state index contributed by atoms with van der Waals surface area (Å²) >= 11 is 0. The predicted octanol–water partition coefficient (Wildman–Crippen LogP) is 2.01. The van der Waals surface area contributed by atoms with Crippen molar-refractivity contribution in [3.05, 3.63) is 29.8 Å². The topological polar surface area (TPSA) is 51.2 Å². The summed E-state index contributed by atoms with van der Waals surface area (Å²) in [4.78, 5) is 15.3. The number of nitrogens with one attached hydrogen (secondary N) is 1. The van der Waals surface area contributed by atoms with Crippen LogP contribution in [0.25, 0.3) is 0 Å². The van der Waals surface area contributed by atoms with E-state index >= 15 is 0 Å². The molecule has 1 N–H and O–H groups in total. The highest BCUT2D eigenvalue weighted by molar-refractivity contribution is 5.94. The summed E-state index contributed by atoms with van der Waals surface area (Å²) in [5, 5.41) is 2.84. The molecule has 5 heteroatoms. The first-order chi connectivity index (χ1) is 8.54. The molecule has 1 aromatic rings. The average molecular weight is 254 g/mol. The zero-order valence-electron chi connectivity index (χ0n) is 10.9. The molecular weight excluding hydrogens is 235 g/mol. The van der Waals surface area contributed by atoms with Gasteiger partial charge in [0.2, 0.25) is 5.95 Å². The molecule has 1 atom stereocenters. The summed E-state index contributed by atoms with van der Waals surface area (Å²) in [5.74, 6) is -0.726. The van der Waals surface area contributed by atoms with Gasteiger partial charge in [-0.3, -0.25) is 4.79 Å². The van der Waals surface area contributed by atoms with Crippen LogP contribution in [0.2, 0.25) is 0 Å². The zero-order chi connectivity index (χ0) is 13.5. The number of carbonyl (C=O) groups excluding carboxylic acids is 1. The molecule has 0 saturated carbocycles. The standard InChI is InChI=1S/C13H19FN2O2/c1-4-18-8-11(9(2)3)16-13(17)10-5-6-15-12(14)7-10/h5-7,9,11H,4,8H2,1-3H3,(H,16,17). The van der Waals surface area contributed by atoms with E-state index in [1.165, 1.54) is 12.3 Å². The van der Waals surface area contributed by atoms with Crippen LogP contribution >= 0.6 is 0 Å². The van der Waals surface area contributed by atoms with Crippen LogP contribution in [0.4, 0.5) is 4.39 Å². The van der Waals surface area contributed by atoms with Gasteiger partial charge in [-0.25, -0.2) is 4.98 Å². The number of halogens is 1. The van der Waals surface area contributed by atoms with Crippen molar-refractivity contribution in [2.45, 2.75) is 26.8 Å². The lowest BCUT2D eigenvalue weighted by molar-refractivity contribution is 0.0805. The number of carbonyl (C=O) groups is 1. The maximum atomic E-state index is 12.9. The molecule has 0 bridgehead atoms. The third kappa shape index (κ3) is 4.41. The number of aromatic nitrogens is 1. The van der Waals surface area contributed by atoms with E-state index in [1.54, 1.807) is 0 Å². The number of amides is 1. The van der Waals surface area contributed by atoms with Crippen molar-refractivity contribution in [3.63, 3.8) is 0 Å². The summed E-state index contributed by atoms with van der Waals surface area (Å²) in [6, 6.07) is 2.51. The fourth-order valence-electron chi connectivity index (χ4n) is 1.44. The van der Waals surface area contributed by atoms with E-state index in [9.17, 15) is 9.18 Å². The Morgan fingerprint density at radius 2 is 2.28 bits per heavy atom. The first-order valence-corrected chi connectivity index (χ1v) is 6.04. The molecule has 1 amide bonds. The molecule has 0 aromatic carbocycles. The molecule has 18 heavy (non-hydrogen) atoms. The van der Waals surface area contributed by atoms with Crippen molar-refractivity contribution in [3.8, 4) is 0 Å². The van der Waals surface area contributed by atoms with Crippen molar-refractivity contribution in [2.75, 3.05) is 13.2 Å². The minimum atomic E-state index is -0.659. The summed E-state index contributed by atoms with van der Waals surface area (Å²) in [6.07, 6.45) is 1.27. The van der Waals surface area contributed by atoms with E-state index < -0.39 is 5.95 Å². The van der Waals surface area contributed by atoms with Gasteiger partial charge in [0.15, 0.2) is 0 Å². The molecule has 0 radical (unpaired) electrons. The smallest absolute Gasteiger partial charge is 0.251 e. The lowest BCUT2D eigenvalue weighted by atomic mass is 10.0. The number of hydrogen-bond donors (Lipinski definition) is 1. The van der Waals surface area contributed by atoms with Gasteiger partial charge in [0.25, 0.3) is 5.91 Å². The molecule has 100 valence electrons. The Hall–Kier alpha value is -1.49. The molecule has 0 fully saturated rings. The fourth-order valence-corrected chi connectivity index (χ4v) is 1.44. The second-order valence-electron chi connectivity index (χ2n) is 4.35. The molecule has 0 saturated heterocycles. The first-order valence-electron chi connectivity index (χ1n) is 6.04. The van der Waals surface area contributed by atoms with Crippen LogP contribution in [0, 0.1) is 11.9 Å². The Labute approximate surface area is 107 Å². The first kappa shape index (κ1) is 14.6. The highest BCUT2D eigenvalue weighted by Gasteiger charge is 2.17. The van der Waals surface area contributed by atoms with Crippen molar-refractivity contribution in [1.29, 1.82) is 0 Å². The Morgan fingerprint density at radius 3 is 2.83 bits per heavy atom. The van der Waals surface area contributed by atoms with Gasteiger partial charge in [-0.1, -0.05) is 13.8 Å². The van der Waals surface area contributed by atoms with E-state index in [0.29, 0.717) is 13.2 Å². The third-order valence-corrected chi connectivity index (χ3v) is 2.61. The van der Waals surface area contributed by atoms with Crippen molar-refractivity contribution < 1.29 is 13.9 Å². The lowest BCUT2D eigenvalue weighted by Crippen LogP contribution is -2.41. The van der Waals surface area contributed by atoms with Gasteiger partial charge in [0.05, 0.1) is 12.6 Å². The molecule has 0 aliphatic rings. The van der Waals surface area contributed by atoms with Crippen LogP contribution in [0.15, 0.2) is 18.3 Å². The van der Waals surface area contributed by atoms with Crippen LogP contribution in [-0.4, -0.2) is 30.1 Å². The number of nitrogens with zero attached hydrogens (tertiary/aromatic N) is 1. The molecule has 0 aliphatic heterocycles.